The first-order valence-electron chi connectivity index (χ1n) is 5.89. The van der Waals surface area contributed by atoms with E-state index >= 15 is 0 Å². The lowest BCUT2D eigenvalue weighted by Gasteiger charge is -2.12. The number of halogens is 1. The first kappa shape index (κ1) is 12.0. The van der Waals surface area contributed by atoms with Crippen molar-refractivity contribution in [2.24, 2.45) is 0 Å². The molecule has 0 aliphatic carbocycles. The van der Waals surface area contributed by atoms with Gasteiger partial charge in [-0.2, -0.15) is 5.10 Å². The summed E-state index contributed by atoms with van der Waals surface area (Å²) in [6.07, 6.45) is 1.76. The SMILES string of the molecule is Cc1ccc(Br)cc1Nc1cc2[nH]ncc2cc1N. The van der Waals surface area contributed by atoms with Crippen LogP contribution in [0.1, 0.15) is 5.56 Å². The van der Waals surface area contributed by atoms with Crippen molar-refractivity contribution in [1.29, 1.82) is 0 Å². The fourth-order valence-corrected chi connectivity index (χ4v) is 2.35. The predicted octanol–water partition coefficient (Wildman–Crippen LogP) is 3.96. The molecule has 0 aliphatic heterocycles. The van der Waals surface area contributed by atoms with Crippen molar-refractivity contribution in [1.82, 2.24) is 10.2 Å². The van der Waals surface area contributed by atoms with E-state index in [4.69, 9.17) is 5.73 Å². The highest BCUT2D eigenvalue weighted by Crippen LogP contribution is 2.30. The lowest BCUT2D eigenvalue weighted by Crippen LogP contribution is -1.98. The van der Waals surface area contributed by atoms with Crippen LogP contribution in [0.5, 0.6) is 0 Å². The first-order chi connectivity index (χ1) is 9.13. The van der Waals surface area contributed by atoms with E-state index in [-0.39, 0.29) is 0 Å². The maximum Gasteiger partial charge on any atom is 0.0672 e. The number of anilines is 3. The summed E-state index contributed by atoms with van der Waals surface area (Å²) < 4.78 is 1.03. The van der Waals surface area contributed by atoms with Crippen molar-refractivity contribution in [3.63, 3.8) is 0 Å². The molecule has 0 amide bonds. The van der Waals surface area contributed by atoms with E-state index in [1.807, 2.05) is 24.3 Å². The molecule has 0 fully saturated rings. The molecule has 0 saturated heterocycles. The topological polar surface area (TPSA) is 66.7 Å². The first-order valence-corrected chi connectivity index (χ1v) is 6.68. The molecule has 2 aromatic carbocycles. The molecule has 0 bridgehead atoms. The monoisotopic (exact) mass is 316 g/mol. The number of nitrogens with zero attached hydrogens (tertiary/aromatic N) is 1. The van der Waals surface area contributed by atoms with Gasteiger partial charge in [-0.1, -0.05) is 22.0 Å². The Bertz CT molecular complexity index is 748. The van der Waals surface area contributed by atoms with Crippen LogP contribution >= 0.6 is 15.9 Å². The molecule has 0 aliphatic rings. The largest absolute Gasteiger partial charge is 0.397 e. The molecule has 0 unspecified atom stereocenters. The molecule has 1 heterocycles. The van der Waals surface area contributed by atoms with Gasteiger partial charge < -0.3 is 11.1 Å². The van der Waals surface area contributed by atoms with Gasteiger partial charge in [-0.25, -0.2) is 0 Å². The van der Waals surface area contributed by atoms with E-state index in [0.29, 0.717) is 5.69 Å². The van der Waals surface area contributed by atoms with Gasteiger partial charge in [0.1, 0.15) is 0 Å². The van der Waals surface area contributed by atoms with Gasteiger partial charge in [0.05, 0.1) is 23.1 Å². The Kier molecular flexibility index (Phi) is 2.91. The number of aromatic nitrogens is 2. The van der Waals surface area contributed by atoms with E-state index < -0.39 is 0 Å². The Morgan fingerprint density at radius 1 is 1.21 bits per heavy atom. The average molecular weight is 317 g/mol. The van der Waals surface area contributed by atoms with Crippen LogP contribution in [0.4, 0.5) is 17.1 Å². The van der Waals surface area contributed by atoms with Crippen molar-refractivity contribution >= 4 is 43.9 Å². The Morgan fingerprint density at radius 3 is 2.89 bits per heavy atom. The lowest BCUT2D eigenvalue weighted by atomic mass is 10.1. The second-order valence-electron chi connectivity index (χ2n) is 4.48. The number of hydrogen-bond acceptors (Lipinski definition) is 3. The Morgan fingerprint density at radius 2 is 2.05 bits per heavy atom. The van der Waals surface area contributed by atoms with Crippen LogP contribution in [-0.4, -0.2) is 10.2 Å². The standard InChI is InChI=1S/C14H13BrN4/c1-8-2-3-10(15)5-12(8)18-14-6-13-9(4-11(14)16)7-17-19-13/h2-7,18H,16H2,1H3,(H,17,19). The quantitative estimate of drug-likeness (QED) is 0.627. The number of hydrogen-bond donors (Lipinski definition) is 3. The van der Waals surface area contributed by atoms with Crippen molar-refractivity contribution in [3.8, 4) is 0 Å². The van der Waals surface area contributed by atoms with E-state index in [1.165, 1.54) is 0 Å². The predicted molar refractivity (Wildman–Crippen MR) is 82.7 cm³/mol. The van der Waals surface area contributed by atoms with Gasteiger partial charge >= 0.3 is 0 Å². The molecule has 4 nitrogen and oxygen atoms in total. The fraction of sp³-hybridized carbons (Fsp3) is 0.0714. The molecule has 0 radical (unpaired) electrons. The number of nitrogen functional groups attached to an aromatic ring is 1. The number of nitrogens with one attached hydrogen (secondary N) is 2. The summed E-state index contributed by atoms with van der Waals surface area (Å²) in [6.45, 7) is 2.06. The third kappa shape index (κ3) is 2.29. The summed E-state index contributed by atoms with van der Waals surface area (Å²) >= 11 is 3.47. The number of benzene rings is 2. The zero-order valence-corrected chi connectivity index (χ0v) is 12.0. The fourth-order valence-electron chi connectivity index (χ4n) is 1.99. The van der Waals surface area contributed by atoms with E-state index in [0.717, 1.165) is 32.3 Å². The maximum absolute atomic E-state index is 6.07. The molecule has 0 spiro atoms. The van der Waals surface area contributed by atoms with E-state index in [2.05, 4.69) is 44.4 Å². The van der Waals surface area contributed by atoms with Gasteiger partial charge in [-0.15, -0.1) is 0 Å². The summed E-state index contributed by atoms with van der Waals surface area (Å²) in [5.41, 5.74) is 10.8. The summed E-state index contributed by atoms with van der Waals surface area (Å²) in [4.78, 5) is 0. The summed E-state index contributed by atoms with van der Waals surface area (Å²) in [7, 11) is 0. The molecule has 5 heteroatoms. The van der Waals surface area contributed by atoms with Crippen LogP contribution in [0.15, 0.2) is 41.0 Å². The van der Waals surface area contributed by atoms with Crippen LogP contribution in [0.25, 0.3) is 10.9 Å². The van der Waals surface area contributed by atoms with Crippen molar-refractivity contribution in [2.45, 2.75) is 6.92 Å². The number of aromatic amines is 1. The molecule has 0 saturated carbocycles. The number of rotatable bonds is 2. The van der Waals surface area contributed by atoms with Gasteiger partial charge in [0.15, 0.2) is 0 Å². The highest BCUT2D eigenvalue weighted by molar-refractivity contribution is 9.10. The smallest absolute Gasteiger partial charge is 0.0672 e. The molecule has 0 atom stereocenters. The molecular weight excluding hydrogens is 304 g/mol. The van der Waals surface area contributed by atoms with Crippen LogP contribution < -0.4 is 11.1 Å². The Balaban J connectivity index is 2.04. The number of aryl methyl sites for hydroxylation is 1. The molecule has 19 heavy (non-hydrogen) atoms. The zero-order chi connectivity index (χ0) is 13.4. The van der Waals surface area contributed by atoms with Crippen LogP contribution in [0, 0.1) is 6.92 Å². The zero-order valence-electron chi connectivity index (χ0n) is 10.4. The van der Waals surface area contributed by atoms with Crippen LogP contribution in [0.2, 0.25) is 0 Å². The van der Waals surface area contributed by atoms with Gasteiger partial charge in [-0.3, -0.25) is 5.10 Å². The van der Waals surface area contributed by atoms with Gasteiger partial charge in [-0.05, 0) is 36.8 Å². The normalized spacial score (nSPS) is 10.8. The second-order valence-corrected chi connectivity index (χ2v) is 5.40. The van der Waals surface area contributed by atoms with E-state index in [1.54, 1.807) is 6.20 Å². The third-order valence-corrected chi connectivity index (χ3v) is 3.57. The highest BCUT2D eigenvalue weighted by Gasteiger charge is 2.06. The van der Waals surface area contributed by atoms with Crippen LogP contribution in [0.3, 0.4) is 0 Å². The maximum atomic E-state index is 6.07. The molecular formula is C14H13BrN4. The molecule has 4 N–H and O–H groups in total. The minimum absolute atomic E-state index is 0.702. The summed E-state index contributed by atoms with van der Waals surface area (Å²) in [5, 5.41) is 11.3. The lowest BCUT2D eigenvalue weighted by molar-refractivity contribution is 1.12. The molecule has 3 rings (SSSR count). The molecule has 1 aromatic heterocycles. The van der Waals surface area contributed by atoms with Crippen molar-refractivity contribution in [3.05, 3.63) is 46.6 Å². The number of fused-ring (bicyclic) bond motifs is 1. The van der Waals surface area contributed by atoms with Crippen molar-refractivity contribution < 1.29 is 0 Å². The molecule has 96 valence electrons. The highest BCUT2D eigenvalue weighted by atomic mass is 79.9. The average Bonchev–Trinajstić information content (AvgIpc) is 2.81. The Hall–Kier alpha value is -2.01. The number of H-pyrrole nitrogens is 1. The van der Waals surface area contributed by atoms with Gasteiger partial charge in [0.2, 0.25) is 0 Å². The summed E-state index contributed by atoms with van der Waals surface area (Å²) in [5.74, 6) is 0. The van der Waals surface area contributed by atoms with Crippen LogP contribution in [-0.2, 0) is 0 Å². The van der Waals surface area contributed by atoms with Gasteiger partial charge in [0.25, 0.3) is 0 Å². The Labute approximate surface area is 119 Å². The van der Waals surface area contributed by atoms with Crippen molar-refractivity contribution in [2.75, 3.05) is 11.1 Å². The second kappa shape index (κ2) is 4.59. The molecule has 3 aromatic rings. The van der Waals surface area contributed by atoms with E-state index in [9.17, 15) is 0 Å². The number of nitrogens with two attached hydrogens (primary N) is 1. The van der Waals surface area contributed by atoms with Gasteiger partial charge in [0, 0.05) is 15.5 Å². The summed E-state index contributed by atoms with van der Waals surface area (Å²) in [6, 6.07) is 9.98. The minimum Gasteiger partial charge on any atom is -0.397 e. The third-order valence-electron chi connectivity index (χ3n) is 3.08. The minimum atomic E-state index is 0.702.